The number of ether oxygens (including phenoxy) is 1. The van der Waals surface area contributed by atoms with Gasteiger partial charge in [0.15, 0.2) is 0 Å². The van der Waals surface area contributed by atoms with Crippen LogP contribution in [0.1, 0.15) is 30.6 Å². The minimum Gasteiger partial charge on any atom is -0.392 e. The molecular formula is C18H23N3O3. The van der Waals surface area contributed by atoms with E-state index in [1.54, 1.807) is 13.1 Å². The van der Waals surface area contributed by atoms with Crippen LogP contribution in [0.3, 0.4) is 0 Å². The van der Waals surface area contributed by atoms with E-state index in [2.05, 4.69) is 22.5 Å². The van der Waals surface area contributed by atoms with Crippen molar-refractivity contribution < 1.29 is 14.6 Å². The minimum atomic E-state index is -0.552. The lowest BCUT2D eigenvalue weighted by molar-refractivity contribution is -0.127. The van der Waals surface area contributed by atoms with Crippen molar-refractivity contribution in [2.24, 2.45) is 5.92 Å². The van der Waals surface area contributed by atoms with Crippen molar-refractivity contribution in [2.45, 2.75) is 32.1 Å². The first-order chi connectivity index (χ1) is 11.6. The number of hydrogen-bond donors (Lipinski definition) is 2. The average Bonchev–Trinajstić information content (AvgIpc) is 3.22. The summed E-state index contributed by atoms with van der Waals surface area (Å²) in [6.07, 6.45) is 3.57. The predicted molar refractivity (Wildman–Crippen MR) is 89.3 cm³/mol. The van der Waals surface area contributed by atoms with Crippen LogP contribution in [0.25, 0.3) is 0 Å². The number of aliphatic hydroxyl groups excluding tert-OH is 1. The number of amides is 1. The van der Waals surface area contributed by atoms with Crippen molar-refractivity contribution in [1.82, 2.24) is 15.1 Å². The molecule has 1 aromatic carbocycles. The number of hydrogen-bond acceptors (Lipinski definition) is 4. The fraction of sp³-hybridized carbons (Fsp3) is 0.444. The monoisotopic (exact) mass is 329 g/mol. The van der Waals surface area contributed by atoms with Gasteiger partial charge < -0.3 is 15.2 Å². The molecule has 3 atom stereocenters. The van der Waals surface area contributed by atoms with Crippen molar-refractivity contribution in [2.75, 3.05) is 13.2 Å². The summed E-state index contributed by atoms with van der Waals surface area (Å²) in [6.45, 7) is 3.15. The highest BCUT2D eigenvalue weighted by atomic mass is 16.5. The van der Waals surface area contributed by atoms with Crippen molar-refractivity contribution in [1.29, 1.82) is 0 Å². The zero-order valence-corrected chi connectivity index (χ0v) is 13.8. The number of rotatable bonds is 6. The van der Waals surface area contributed by atoms with Gasteiger partial charge in [0.2, 0.25) is 5.91 Å². The van der Waals surface area contributed by atoms with E-state index in [0.717, 1.165) is 5.56 Å². The van der Waals surface area contributed by atoms with E-state index < -0.39 is 6.10 Å². The molecule has 2 heterocycles. The summed E-state index contributed by atoms with van der Waals surface area (Å²) in [7, 11) is 0. The van der Waals surface area contributed by atoms with E-state index in [0.29, 0.717) is 19.6 Å². The van der Waals surface area contributed by atoms with E-state index in [9.17, 15) is 9.90 Å². The SMILES string of the molecule is CC(O)CNC(=O)[C@H]1CCO[C@@H]1c1cnn(Cc2ccccc2)c1. The molecule has 6 nitrogen and oxygen atoms in total. The Morgan fingerprint density at radius 1 is 1.46 bits per heavy atom. The van der Waals surface area contributed by atoms with E-state index in [-0.39, 0.29) is 24.5 Å². The second kappa shape index (κ2) is 7.59. The summed E-state index contributed by atoms with van der Waals surface area (Å²) < 4.78 is 7.62. The lowest BCUT2D eigenvalue weighted by Gasteiger charge is -2.17. The molecular weight excluding hydrogens is 306 g/mol. The van der Waals surface area contributed by atoms with Crippen molar-refractivity contribution in [3.8, 4) is 0 Å². The first-order valence-electron chi connectivity index (χ1n) is 8.27. The molecule has 1 amide bonds. The van der Waals surface area contributed by atoms with Gasteiger partial charge in [0.05, 0.1) is 30.9 Å². The maximum absolute atomic E-state index is 12.3. The molecule has 0 saturated carbocycles. The molecule has 6 heteroatoms. The summed E-state index contributed by atoms with van der Waals surface area (Å²) in [4.78, 5) is 12.3. The van der Waals surface area contributed by atoms with Gasteiger partial charge >= 0.3 is 0 Å². The molecule has 1 aliphatic heterocycles. The third kappa shape index (κ3) is 4.01. The summed E-state index contributed by atoms with van der Waals surface area (Å²) in [5, 5.41) is 16.5. The summed E-state index contributed by atoms with van der Waals surface area (Å²) >= 11 is 0. The Hall–Kier alpha value is -2.18. The lowest BCUT2D eigenvalue weighted by atomic mass is 9.96. The van der Waals surface area contributed by atoms with Gasteiger partial charge in [0.25, 0.3) is 0 Å². The molecule has 0 spiro atoms. The maximum atomic E-state index is 12.3. The number of nitrogens with zero attached hydrogens (tertiary/aromatic N) is 2. The standard InChI is InChI=1S/C18H23N3O3/c1-13(22)9-19-18(23)16-7-8-24-17(16)15-10-20-21(12-15)11-14-5-3-2-4-6-14/h2-6,10,12-13,16-17,22H,7-9,11H2,1H3,(H,19,23)/t13?,16-,17+/m0/s1. The third-order valence-corrected chi connectivity index (χ3v) is 4.17. The molecule has 1 saturated heterocycles. The number of carbonyl (C=O) groups excluding carboxylic acids is 1. The topological polar surface area (TPSA) is 76.4 Å². The number of aromatic nitrogens is 2. The quantitative estimate of drug-likeness (QED) is 0.842. The maximum Gasteiger partial charge on any atom is 0.226 e. The number of nitrogens with one attached hydrogen (secondary N) is 1. The summed E-state index contributed by atoms with van der Waals surface area (Å²) in [5.74, 6) is -0.313. The fourth-order valence-electron chi connectivity index (χ4n) is 2.95. The average molecular weight is 329 g/mol. The third-order valence-electron chi connectivity index (χ3n) is 4.17. The Morgan fingerprint density at radius 3 is 3.00 bits per heavy atom. The Morgan fingerprint density at radius 2 is 2.25 bits per heavy atom. The highest BCUT2D eigenvalue weighted by Gasteiger charge is 2.35. The van der Waals surface area contributed by atoms with Gasteiger partial charge in [-0.05, 0) is 18.9 Å². The predicted octanol–water partition coefficient (Wildman–Crippen LogP) is 1.51. The molecule has 1 unspecified atom stereocenters. The van der Waals surface area contributed by atoms with Crippen LogP contribution in [0.2, 0.25) is 0 Å². The summed E-state index contributed by atoms with van der Waals surface area (Å²) in [6, 6.07) is 10.1. The van der Waals surface area contributed by atoms with Crippen molar-refractivity contribution in [3.05, 3.63) is 53.9 Å². The Bertz CT molecular complexity index is 669. The van der Waals surface area contributed by atoms with Gasteiger partial charge in [-0.25, -0.2) is 0 Å². The van der Waals surface area contributed by atoms with Crippen LogP contribution >= 0.6 is 0 Å². The molecule has 0 radical (unpaired) electrons. The van der Waals surface area contributed by atoms with Crippen molar-refractivity contribution in [3.63, 3.8) is 0 Å². The van der Waals surface area contributed by atoms with Gasteiger partial charge in [-0.3, -0.25) is 9.48 Å². The number of benzene rings is 1. The van der Waals surface area contributed by atoms with Crippen molar-refractivity contribution >= 4 is 5.91 Å². The highest BCUT2D eigenvalue weighted by Crippen LogP contribution is 2.34. The Balaban J connectivity index is 1.66. The van der Waals surface area contributed by atoms with E-state index in [4.69, 9.17) is 4.74 Å². The van der Waals surface area contributed by atoms with Gasteiger partial charge in [-0.2, -0.15) is 5.10 Å². The number of carbonyl (C=O) groups is 1. The molecule has 1 aliphatic rings. The molecule has 1 fully saturated rings. The van der Waals surface area contributed by atoms with Gasteiger partial charge in [0.1, 0.15) is 0 Å². The van der Waals surface area contributed by atoms with Crippen LogP contribution in [0.5, 0.6) is 0 Å². The van der Waals surface area contributed by atoms with E-state index in [1.807, 2.05) is 29.1 Å². The van der Waals surface area contributed by atoms with Gasteiger partial charge in [0, 0.05) is 24.9 Å². The first-order valence-corrected chi connectivity index (χ1v) is 8.27. The second-order valence-corrected chi connectivity index (χ2v) is 6.24. The molecule has 128 valence electrons. The van der Waals surface area contributed by atoms with Crippen LogP contribution in [0, 0.1) is 5.92 Å². The molecule has 0 bridgehead atoms. The first kappa shape index (κ1) is 16.7. The van der Waals surface area contributed by atoms with Gasteiger partial charge in [-0.15, -0.1) is 0 Å². The molecule has 2 N–H and O–H groups in total. The molecule has 2 aromatic rings. The van der Waals surface area contributed by atoms with Gasteiger partial charge in [-0.1, -0.05) is 30.3 Å². The Kier molecular flexibility index (Phi) is 5.27. The smallest absolute Gasteiger partial charge is 0.226 e. The van der Waals surface area contributed by atoms with E-state index in [1.165, 1.54) is 5.56 Å². The normalized spacial score (nSPS) is 21.6. The van der Waals surface area contributed by atoms with Crippen LogP contribution in [-0.2, 0) is 16.1 Å². The molecule has 0 aliphatic carbocycles. The van der Waals surface area contributed by atoms with Crippen LogP contribution in [0.15, 0.2) is 42.7 Å². The summed E-state index contributed by atoms with van der Waals surface area (Å²) in [5.41, 5.74) is 2.09. The van der Waals surface area contributed by atoms with Crippen LogP contribution in [0.4, 0.5) is 0 Å². The minimum absolute atomic E-state index is 0.0748. The molecule has 3 rings (SSSR count). The fourth-order valence-corrected chi connectivity index (χ4v) is 2.95. The second-order valence-electron chi connectivity index (χ2n) is 6.24. The highest BCUT2D eigenvalue weighted by molar-refractivity contribution is 5.79. The number of aliphatic hydroxyl groups is 1. The van der Waals surface area contributed by atoms with Crippen LogP contribution in [-0.4, -0.2) is 40.0 Å². The lowest BCUT2D eigenvalue weighted by Crippen LogP contribution is -2.36. The molecule has 1 aromatic heterocycles. The zero-order chi connectivity index (χ0) is 16.9. The Labute approximate surface area is 141 Å². The zero-order valence-electron chi connectivity index (χ0n) is 13.8. The van der Waals surface area contributed by atoms with E-state index >= 15 is 0 Å². The van der Waals surface area contributed by atoms with Crippen LogP contribution < -0.4 is 5.32 Å². The molecule has 24 heavy (non-hydrogen) atoms. The largest absolute Gasteiger partial charge is 0.392 e.